The molecule has 300 valence electrons. The van der Waals surface area contributed by atoms with Crippen LogP contribution in [0.15, 0.2) is 241 Å². The highest BCUT2D eigenvalue weighted by molar-refractivity contribution is 7.26. The molecule has 0 saturated heterocycles. The topological polar surface area (TPSA) is 18.1 Å². The van der Waals surface area contributed by atoms with Crippen LogP contribution in [0.2, 0.25) is 0 Å². The Morgan fingerprint density at radius 1 is 0.422 bits per heavy atom. The van der Waals surface area contributed by atoms with E-state index < -0.39 is 68.5 Å². The summed E-state index contributed by atoms with van der Waals surface area (Å²) in [6.07, 6.45) is 0. The van der Waals surface area contributed by atoms with Gasteiger partial charge in [-0.1, -0.05) is 206 Å². The average Bonchev–Trinajstić information content (AvgIpc) is 4.11. The molecule has 0 atom stereocenters. The molecule has 0 radical (unpaired) electrons. The second-order valence-corrected chi connectivity index (χ2v) is 20.9. The lowest BCUT2D eigenvalue weighted by atomic mass is 9.95. The molecular weight excluding hydrogens is 811 g/mol. The molecule has 2 nitrogen and oxygen atoms in total. The van der Waals surface area contributed by atoms with Crippen molar-refractivity contribution in [1.29, 1.82) is 0 Å². The number of benzene rings is 10. The highest BCUT2D eigenvalue weighted by atomic mass is 32.1. The minimum atomic E-state index is -3.88. The fourth-order valence-corrected chi connectivity index (χ4v) is 16.1. The highest BCUT2D eigenvalue weighted by Gasteiger charge is 2.44. The van der Waals surface area contributed by atoms with Gasteiger partial charge in [0, 0.05) is 52.8 Å². The van der Waals surface area contributed by atoms with Crippen molar-refractivity contribution in [3.63, 3.8) is 0 Å². The maximum atomic E-state index is 9.79. The molecule has 0 unspecified atom stereocenters. The number of aromatic nitrogens is 1. The Morgan fingerprint density at radius 3 is 1.69 bits per heavy atom. The van der Waals surface area contributed by atoms with E-state index in [9.17, 15) is 11.0 Å². The second-order valence-electron chi connectivity index (χ2n) is 16.0. The fraction of sp³-hybridized carbons (Fsp3) is 0. The smallest absolute Gasteiger partial charge is 0.184 e. The Morgan fingerprint density at radius 2 is 1.00 bits per heavy atom. The van der Waals surface area contributed by atoms with Gasteiger partial charge in [-0.3, -0.25) is 0 Å². The molecular formula is C60H39NOSSi. The summed E-state index contributed by atoms with van der Waals surface area (Å²) in [5.74, 6) is 0. The molecule has 10 aromatic carbocycles. The van der Waals surface area contributed by atoms with Crippen molar-refractivity contribution in [2.75, 3.05) is 0 Å². The zero-order valence-electron chi connectivity index (χ0n) is 44.0. The van der Waals surface area contributed by atoms with Crippen LogP contribution in [0, 0.1) is 0 Å². The van der Waals surface area contributed by atoms with Crippen LogP contribution in [0.3, 0.4) is 0 Å². The van der Waals surface area contributed by atoms with Gasteiger partial charge in [0.05, 0.1) is 30.4 Å². The van der Waals surface area contributed by atoms with Gasteiger partial charge in [0.25, 0.3) is 0 Å². The van der Waals surface area contributed by atoms with E-state index in [-0.39, 0.29) is 27.9 Å². The van der Waals surface area contributed by atoms with Gasteiger partial charge in [-0.15, -0.1) is 11.3 Å². The van der Waals surface area contributed by atoms with Gasteiger partial charge in [-0.2, -0.15) is 0 Å². The first kappa shape index (κ1) is 28.0. The summed E-state index contributed by atoms with van der Waals surface area (Å²) in [7, 11) is -3.88. The normalized spacial score (nSPS) is 14.2. The molecule has 64 heavy (non-hydrogen) atoms. The lowest BCUT2D eigenvalue weighted by Gasteiger charge is -2.35. The molecule has 0 aliphatic carbocycles. The van der Waals surface area contributed by atoms with Crippen molar-refractivity contribution < 1.29 is 18.1 Å². The monoisotopic (exact) mass is 859 g/mol. The second kappa shape index (κ2) is 14.7. The van der Waals surface area contributed by atoms with E-state index >= 15 is 0 Å². The molecule has 13 rings (SSSR count). The summed E-state index contributed by atoms with van der Waals surface area (Å²) in [4.78, 5) is 0. The number of furan rings is 1. The number of hydrogen-bond acceptors (Lipinski definition) is 2. The molecule has 3 aromatic heterocycles. The van der Waals surface area contributed by atoms with Gasteiger partial charge < -0.3 is 8.98 Å². The van der Waals surface area contributed by atoms with E-state index in [4.69, 9.17) is 7.16 Å². The first-order chi connectivity index (χ1) is 35.9. The van der Waals surface area contributed by atoms with Gasteiger partial charge >= 0.3 is 0 Å². The van der Waals surface area contributed by atoms with E-state index in [1.165, 1.54) is 0 Å². The van der Waals surface area contributed by atoms with E-state index in [1.54, 1.807) is 11.3 Å². The quantitative estimate of drug-likeness (QED) is 0.115. The van der Waals surface area contributed by atoms with Crippen molar-refractivity contribution in [2.45, 2.75) is 0 Å². The molecule has 0 bridgehead atoms. The van der Waals surface area contributed by atoms with Crippen LogP contribution < -0.4 is 20.7 Å². The molecule has 0 spiro atoms. The molecule has 0 fully saturated rings. The van der Waals surface area contributed by atoms with Crippen LogP contribution >= 0.6 is 11.3 Å². The van der Waals surface area contributed by atoms with Gasteiger partial charge in [-0.25, -0.2) is 0 Å². The molecule has 0 aliphatic heterocycles. The summed E-state index contributed by atoms with van der Waals surface area (Å²) < 4.78 is 105. The van der Waals surface area contributed by atoms with Crippen molar-refractivity contribution in [3.05, 3.63) is 236 Å². The summed E-state index contributed by atoms with van der Waals surface area (Å²) in [5.41, 5.74) is 3.21. The molecule has 13 aromatic rings. The maximum absolute atomic E-state index is 9.79. The third-order valence-corrected chi connectivity index (χ3v) is 18.6. The minimum absolute atomic E-state index is 0.110. The minimum Gasteiger partial charge on any atom is -0.456 e. The number of fused-ring (bicyclic) bond motifs is 9. The molecule has 4 heteroatoms. The maximum Gasteiger partial charge on any atom is 0.184 e. The predicted molar refractivity (Wildman–Crippen MR) is 275 cm³/mol. The Bertz CT molecular complexity index is 4320. The number of rotatable bonds is 7. The van der Waals surface area contributed by atoms with Crippen molar-refractivity contribution >= 4 is 104 Å². The van der Waals surface area contributed by atoms with E-state index in [1.807, 2.05) is 126 Å². The number of para-hydroxylation sites is 3. The van der Waals surface area contributed by atoms with Crippen molar-refractivity contribution in [3.8, 4) is 27.9 Å². The third-order valence-electron chi connectivity index (χ3n) is 12.7. The zero-order valence-corrected chi connectivity index (χ0v) is 35.8. The molecule has 0 amide bonds. The van der Waals surface area contributed by atoms with Crippen molar-refractivity contribution in [1.82, 2.24) is 4.57 Å². The summed E-state index contributed by atoms with van der Waals surface area (Å²) in [6, 6.07) is 53.2. The number of hydrogen-bond donors (Lipinski definition) is 0. The third kappa shape index (κ3) is 5.50. The van der Waals surface area contributed by atoms with E-state index in [0.717, 1.165) is 57.3 Å². The molecule has 3 heterocycles. The first-order valence-electron chi connectivity index (χ1n) is 26.1. The Balaban J connectivity index is 1.32. The standard InChI is InChI=1S/C60H39NOSSi/c1-5-20-40(21-6-1)49-36-44(64(42-24-9-3-10-25-42,43-26-11-4-12-27-43)58-35-19-31-48-46-29-14-17-33-55(46)62-60(48)58)37-50(41-22-7-2-8-23-41)59(49)61-53-32-16-13-28-45(53)51-38-52-47-30-15-18-34-56(47)63-57(52)39-54(51)61/h1-39H/i1D,2D,5D,6D,7D,8D,20D,21D,22D,23D. The molecule has 0 saturated carbocycles. The number of thiophene rings is 1. The summed E-state index contributed by atoms with van der Waals surface area (Å²) in [6.45, 7) is 0. The predicted octanol–water partition coefficient (Wildman–Crippen LogP) is 13.8. The average molecular weight is 860 g/mol. The SMILES string of the molecule is [2H]c1c([2H])c([2H])c(-c2cc([Si](c3ccccc3)(c3ccccc3)c3cccc4c3oc3ccccc34)cc(-c3c([2H])c([2H])c([2H])c([2H])c3[2H])c2-n2c3ccccc3c3cc4c(cc32)sc2ccccc24)c([2H])c1[2H]. The Kier molecular flexibility index (Phi) is 6.43. The van der Waals surface area contributed by atoms with Gasteiger partial charge in [0.15, 0.2) is 8.07 Å². The lowest BCUT2D eigenvalue weighted by Crippen LogP contribution is -2.75. The Labute approximate surface area is 389 Å². The molecule has 0 N–H and O–H groups in total. The first-order valence-corrected chi connectivity index (χ1v) is 23.9. The fourth-order valence-electron chi connectivity index (χ4n) is 10.1. The van der Waals surface area contributed by atoms with Gasteiger partial charge in [-0.05, 0) is 62.2 Å². The van der Waals surface area contributed by atoms with Crippen molar-refractivity contribution in [2.24, 2.45) is 0 Å². The van der Waals surface area contributed by atoms with Crippen LogP contribution in [-0.2, 0) is 0 Å². The van der Waals surface area contributed by atoms with Crippen LogP contribution in [0.1, 0.15) is 13.7 Å². The van der Waals surface area contributed by atoms with E-state index in [2.05, 4.69) is 54.6 Å². The molecule has 0 aliphatic rings. The summed E-state index contributed by atoms with van der Waals surface area (Å²) >= 11 is 1.64. The van der Waals surface area contributed by atoms with Crippen LogP contribution in [0.25, 0.3) is 91.9 Å². The highest BCUT2D eigenvalue weighted by Crippen LogP contribution is 2.44. The van der Waals surface area contributed by atoms with Gasteiger partial charge in [0.2, 0.25) is 0 Å². The largest absolute Gasteiger partial charge is 0.456 e. The lowest BCUT2D eigenvalue weighted by molar-refractivity contribution is 0.671. The van der Waals surface area contributed by atoms with Crippen LogP contribution in [0.5, 0.6) is 0 Å². The van der Waals surface area contributed by atoms with Crippen LogP contribution in [-0.4, -0.2) is 12.6 Å². The Hall–Kier alpha value is -7.76. The zero-order chi connectivity index (χ0) is 50.9. The summed E-state index contributed by atoms with van der Waals surface area (Å²) in [5, 5.41) is 8.99. The van der Waals surface area contributed by atoms with Gasteiger partial charge in [0.1, 0.15) is 11.2 Å². The van der Waals surface area contributed by atoms with Crippen LogP contribution in [0.4, 0.5) is 0 Å². The number of nitrogens with zero attached hydrogens (tertiary/aromatic N) is 1. The van der Waals surface area contributed by atoms with E-state index in [0.29, 0.717) is 27.4 Å².